The van der Waals surface area contributed by atoms with Crippen molar-refractivity contribution in [1.82, 2.24) is 10.6 Å². The first-order valence-corrected chi connectivity index (χ1v) is 18.0. The number of unbranched alkanes of at least 4 members (excludes halogenated alkanes) is 2. The van der Waals surface area contributed by atoms with Gasteiger partial charge in [0.05, 0.1) is 11.1 Å². The lowest BCUT2D eigenvalue weighted by atomic mass is 10.0. The maximum atomic E-state index is 13.0. The van der Waals surface area contributed by atoms with Crippen LogP contribution in [0.25, 0.3) is 0 Å². The molecule has 49 heavy (non-hydrogen) atoms. The van der Waals surface area contributed by atoms with Gasteiger partial charge in [0, 0.05) is 63.1 Å². The van der Waals surface area contributed by atoms with Gasteiger partial charge in [-0.25, -0.2) is 19.2 Å². The van der Waals surface area contributed by atoms with E-state index in [0.29, 0.717) is 32.4 Å². The highest BCUT2D eigenvalue weighted by Crippen LogP contribution is 2.20. The molecule has 0 saturated carbocycles. The average Bonchev–Trinajstić information content (AvgIpc) is 3.09. The monoisotopic (exact) mass is 708 g/mol. The van der Waals surface area contributed by atoms with Crippen LogP contribution in [-0.4, -0.2) is 104 Å². The van der Waals surface area contributed by atoms with Crippen molar-refractivity contribution < 1.29 is 61.0 Å². The standard InChI is InChI=1S/C33H48N2O13Si/c1-6-29(37)42-17-19-44-32(40)26-22-25(23-27(24-26)33(41)45-20-18-43-30(38)7-2)31(39)35-16-14-28(36)34-15-12-11-13-21-49(46-8-3,47-9-4)48-10-5/h6-7,22-24H,1-2,8-21H2,3-5H3,(H,34,36)(H,35,39). The maximum Gasteiger partial charge on any atom is 0.500 e. The van der Waals surface area contributed by atoms with Crippen LogP contribution in [0.3, 0.4) is 0 Å². The Morgan fingerprint density at radius 2 is 1.10 bits per heavy atom. The van der Waals surface area contributed by atoms with E-state index in [1.807, 2.05) is 20.8 Å². The van der Waals surface area contributed by atoms with Crippen LogP contribution in [0.5, 0.6) is 0 Å². The van der Waals surface area contributed by atoms with Crippen molar-refractivity contribution in [1.29, 1.82) is 0 Å². The van der Waals surface area contributed by atoms with Gasteiger partial charge >= 0.3 is 32.7 Å². The van der Waals surface area contributed by atoms with Crippen LogP contribution in [0.1, 0.15) is 77.5 Å². The summed E-state index contributed by atoms with van der Waals surface area (Å²) in [5, 5.41) is 5.41. The van der Waals surface area contributed by atoms with E-state index in [1.165, 1.54) is 12.1 Å². The SMILES string of the molecule is C=CC(=O)OCCOC(=O)c1cc(C(=O)NCCC(=O)NCCCCC[Si](OCC)(OCC)OCC)cc(C(=O)OCCOC(=O)C=C)c1. The van der Waals surface area contributed by atoms with Crippen LogP contribution in [0, 0.1) is 0 Å². The van der Waals surface area contributed by atoms with E-state index in [2.05, 4.69) is 23.8 Å². The normalized spacial score (nSPS) is 10.8. The Hall–Kier alpha value is -4.38. The van der Waals surface area contributed by atoms with Gasteiger partial charge in [0.2, 0.25) is 5.91 Å². The molecule has 16 heteroatoms. The molecule has 0 spiro atoms. The molecule has 1 rings (SSSR count). The third kappa shape index (κ3) is 17.5. The van der Waals surface area contributed by atoms with Gasteiger partial charge in [-0.2, -0.15) is 0 Å². The van der Waals surface area contributed by atoms with E-state index in [1.54, 1.807) is 0 Å². The summed E-state index contributed by atoms with van der Waals surface area (Å²) in [5.41, 5.74) is -0.396. The van der Waals surface area contributed by atoms with E-state index >= 15 is 0 Å². The van der Waals surface area contributed by atoms with Gasteiger partial charge in [0.1, 0.15) is 26.4 Å². The second-order valence-electron chi connectivity index (χ2n) is 9.96. The lowest BCUT2D eigenvalue weighted by Crippen LogP contribution is -2.45. The van der Waals surface area contributed by atoms with Crippen molar-refractivity contribution >= 4 is 44.5 Å². The van der Waals surface area contributed by atoms with E-state index in [0.717, 1.165) is 37.5 Å². The van der Waals surface area contributed by atoms with Gasteiger partial charge in [-0.3, -0.25) is 9.59 Å². The smallest absolute Gasteiger partial charge is 0.459 e. The summed E-state index contributed by atoms with van der Waals surface area (Å²) >= 11 is 0. The topological polar surface area (TPSA) is 191 Å². The van der Waals surface area contributed by atoms with Crippen molar-refractivity contribution in [2.45, 2.75) is 52.5 Å². The Bertz CT molecular complexity index is 1200. The Morgan fingerprint density at radius 3 is 1.57 bits per heavy atom. The van der Waals surface area contributed by atoms with Crippen molar-refractivity contribution in [3.05, 3.63) is 60.2 Å². The molecule has 2 N–H and O–H groups in total. The Morgan fingerprint density at radius 1 is 0.633 bits per heavy atom. The summed E-state index contributed by atoms with van der Waals surface area (Å²) in [6, 6.07) is 4.26. The number of benzene rings is 1. The molecule has 0 aliphatic carbocycles. The van der Waals surface area contributed by atoms with Crippen LogP contribution in [0.15, 0.2) is 43.5 Å². The number of ether oxygens (including phenoxy) is 4. The Balaban J connectivity index is 2.71. The van der Waals surface area contributed by atoms with E-state index in [-0.39, 0.29) is 62.0 Å². The second-order valence-corrected chi connectivity index (χ2v) is 12.7. The molecule has 2 amide bonds. The summed E-state index contributed by atoms with van der Waals surface area (Å²) in [6.45, 7) is 13.1. The van der Waals surface area contributed by atoms with E-state index < -0.39 is 38.6 Å². The van der Waals surface area contributed by atoms with Crippen LogP contribution in [0.4, 0.5) is 0 Å². The zero-order valence-corrected chi connectivity index (χ0v) is 29.5. The summed E-state index contributed by atoms with van der Waals surface area (Å²) in [5.74, 6) is -4.14. The maximum absolute atomic E-state index is 13.0. The number of amides is 2. The molecule has 0 aromatic heterocycles. The third-order valence-corrected chi connectivity index (χ3v) is 9.49. The minimum Gasteiger partial charge on any atom is -0.459 e. The molecule has 0 saturated heterocycles. The molecular formula is C33H48N2O13Si. The van der Waals surface area contributed by atoms with Crippen LogP contribution >= 0.6 is 0 Å². The molecule has 0 radical (unpaired) electrons. The van der Waals surface area contributed by atoms with Gasteiger partial charge in [-0.1, -0.05) is 19.6 Å². The summed E-state index contributed by atoms with van der Waals surface area (Å²) in [6.07, 6.45) is 4.29. The fourth-order valence-electron chi connectivity index (χ4n) is 4.18. The predicted octanol–water partition coefficient (Wildman–Crippen LogP) is 2.91. The van der Waals surface area contributed by atoms with Gasteiger partial charge in [-0.15, -0.1) is 0 Å². The van der Waals surface area contributed by atoms with Gasteiger partial charge in [-0.05, 0) is 51.8 Å². The summed E-state index contributed by atoms with van der Waals surface area (Å²) < 4.78 is 37.3. The van der Waals surface area contributed by atoms with Gasteiger partial charge < -0.3 is 42.9 Å². The molecule has 1 aromatic rings. The van der Waals surface area contributed by atoms with Crippen LogP contribution < -0.4 is 10.6 Å². The third-order valence-electron chi connectivity index (χ3n) is 6.33. The second kappa shape index (κ2) is 24.7. The fraction of sp³-hybridized carbons (Fsp3) is 0.515. The molecule has 0 fully saturated rings. The van der Waals surface area contributed by atoms with Crippen molar-refractivity contribution in [2.75, 3.05) is 59.3 Å². The first-order valence-electron chi connectivity index (χ1n) is 16.1. The lowest BCUT2D eigenvalue weighted by molar-refractivity contribution is -0.139. The molecule has 0 atom stereocenters. The molecule has 0 unspecified atom stereocenters. The molecule has 0 aliphatic rings. The molecule has 0 heterocycles. The molecule has 1 aromatic carbocycles. The van der Waals surface area contributed by atoms with E-state index in [9.17, 15) is 28.8 Å². The quantitative estimate of drug-likeness (QED) is 0.0470. The van der Waals surface area contributed by atoms with Crippen molar-refractivity contribution in [2.24, 2.45) is 0 Å². The van der Waals surface area contributed by atoms with Gasteiger partial charge in [0.15, 0.2) is 0 Å². The fourth-order valence-corrected chi connectivity index (χ4v) is 6.87. The Labute approximate surface area is 288 Å². The zero-order valence-electron chi connectivity index (χ0n) is 28.5. The van der Waals surface area contributed by atoms with Crippen LogP contribution in [0.2, 0.25) is 6.04 Å². The van der Waals surface area contributed by atoms with Crippen molar-refractivity contribution in [3.63, 3.8) is 0 Å². The molecule has 0 bridgehead atoms. The minimum absolute atomic E-state index is 0.00965. The lowest BCUT2D eigenvalue weighted by Gasteiger charge is -2.28. The summed E-state index contributed by atoms with van der Waals surface area (Å²) in [4.78, 5) is 73.0. The first kappa shape index (κ1) is 42.6. The predicted molar refractivity (Wildman–Crippen MR) is 179 cm³/mol. The molecule has 272 valence electrons. The molecular weight excluding hydrogens is 660 g/mol. The number of carbonyl (C=O) groups is 6. The number of nitrogens with one attached hydrogen (secondary N) is 2. The highest BCUT2D eigenvalue weighted by Gasteiger charge is 2.39. The largest absolute Gasteiger partial charge is 0.500 e. The van der Waals surface area contributed by atoms with Crippen molar-refractivity contribution in [3.8, 4) is 0 Å². The van der Waals surface area contributed by atoms with Crippen LogP contribution in [-0.2, 0) is 46.6 Å². The van der Waals surface area contributed by atoms with E-state index in [4.69, 9.17) is 32.2 Å². The number of hydrogen-bond acceptors (Lipinski definition) is 13. The number of esters is 4. The molecule has 0 aliphatic heterocycles. The minimum atomic E-state index is -2.70. The average molecular weight is 709 g/mol. The molecule has 15 nitrogen and oxygen atoms in total. The highest BCUT2D eigenvalue weighted by molar-refractivity contribution is 6.60. The number of rotatable bonds is 26. The number of carbonyl (C=O) groups excluding carboxylic acids is 6. The zero-order chi connectivity index (χ0) is 36.5. The van der Waals surface area contributed by atoms with Gasteiger partial charge in [0.25, 0.3) is 5.91 Å². The number of hydrogen-bond donors (Lipinski definition) is 2. The summed E-state index contributed by atoms with van der Waals surface area (Å²) in [7, 11) is -2.70. The highest BCUT2D eigenvalue weighted by atomic mass is 28.4. The Kier molecular flexibility index (Phi) is 21.5. The first-order chi connectivity index (χ1) is 23.5.